The lowest BCUT2D eigenvalue weighted by molar-refractivity contribution is -0.138. The number of nitrogens with two attached hydrogens (primary N) is 1. The first-order valence-electron chi connectivity index (χ1n) is 5.84. The highest BCUT2D eigenvalue weighted by molar-refractivity contribution is 7.13. The van der Waals surface area contributed by atoms with Crippen LogP contribution in [0.2, 0.25) is 0 Å². The Balaban J connectivity index is 2.25. The lowest BCUT2D eigenvalue weighted by Gasteiger charge is -2.16. The van der Waals surface area contributed by atoms with E-state index in [2.05, 4.69) is 4.98 Å². The van der Waals surface area contributed by atoms with Crippen molar-refractivity contribution < 1.29 is 14.6 Å². The van der Waals surface area contributed by atoms with Crippen LogP contribution in [0.4, 0.5) is 10.8 Å². The number of carboxylic acids is 1. The molecule has 0 saturated heterocycles. The van der Waals surface area contributed by atoms with Gasteiger partial charge in [0.1, 0.15) is 11.8 Å². The zero-order valence-electron chi connectivity index (χ0n) is 11.1. The van der Waals surface area contributed by atoms with Crippen LogP contribution in [-0.2, 0) is 4.79 Å². The number of ether oxygens (including phenoxy) is 1. The van der Waals surface area contributed by atoms with E-state index >= 15 is 0 Å². The van der Waals surface area contributed by atoms with Gasteiger partial charge in [0.25, 0.3) is 0 Å². The summed E-state index contributed by atoms with van der Waals surface area (Å²) in [5.74, 6) is -0.348. The van der Waals surface area contributed by atoms with Gasteiger partial charge >= 0.3 is 5.97 Å². The zero-order valence-corrected chi connectivity index (χ0v) is 11.9. The average Bonchev–Trinajstić information content (AvgIpc) is 2.95. The number of carboxylic acid groups (broad SMARTS) is 1. The Morgan fingerprint density at radius 3 is 2.95 bits per heavy atom. The molecule has 2 aromatic rings. The Morgan fingerprint density at radius 1 is 1.55 bits per heavy atom. The third kappa shape index (κ3) is 2.89. The number of methoxy groups -OCH3 is 1. The van der Waals surface area contributed by atoms with Gasteiger partial charge < -0.3 is 20.5 Å². The van der Waals surface area contributed by atoms with Gasteiger partial charge in [0, 0.05) is 24.2 Å². The molecule has 1 unspecified atom stereocenters. The minimum absolute atomic E-state index is 0.354. The quantitative estimate of drug-likeness (QED) is 0.876. The summed E-state index contributed by atoms with van der Waals surface area (Å²) in [5, 5.41) is 11.2. The molecule has 1 aromatic heterocycles. The van der Waals surface area contributed by atoms with E-state index in [4.69, 9.17) is 15.6 Å². The fourth-order valence-corrected chi connectivity index (χ4v) is 2.48. The van der Waals surface area contributed by atoms with Crippen molar-refractivity contribution in [3.8, 4) is 5.75 Å². The van der Waals surface area contributed by atoms with Crippen molar-refractivity contribution >= 4 is 28.1 Å². The third-order valence-corrected chi connectivity index (χ3v) is 3.76. The molecule has 0 fully saturated rings. The second kappa shape index (κ2) is 5.89. The highest BCUT2D eigenvalue weighted by atomic mass is 32.1. The topological polar surface area (TPSA) is 88.7 Å². The highest BCUT2D eigenvalue weighted by Crippen LogP contribution is 2.30. The van der Waals surface area contributed by atoms with Crippen LogP contribution in [0.5, 0.6) is 5.75 Å². The van der Waals surface area contributed by atoms with E-state index in [1.807, 2.05) is 36.2 Å². The first-order chi connectivity index (χ1) is 9.52. The van der Waals surface area contributed by atoms with E-state index < -0.39 is 12.0 Å². The van der Waals surface area contributed by atoms with Gasteiger partial charge in [0.2, 0.25) is 0 Å². The van der Waals surface area contributed by atoms with E-state index in [-0.39, 0.29) is 0 Å². The van der Waals surface area contributed by atoms with Crippen LogP contribution < -0.4 is 15.4 Å². The molecule has 0 aliphatic rings. The number of anilines is 2. The lowest BCUT2D eigenvalue weighted by Crippen LogP contribution is -2.21. The maximum Gasteiger partial charge on any atom is 0.326 e. The number of aliphatic carboxylic acids is 1. The largest absolute Gasteiger partial charge is 0.497 e. The highest BCUT2D eigenvalue weighted by Gasteiger charge is 2.19. The number of benzene rings is 1. The second-order valence-electron chi connectivity index (χ2n) is 4.13. The summed E-state index contributed by atoms with van der Waals surface area (Å²) in [6.45, 7) is 0. The summed E-state index contributed by atoms with van der Waals surface area (Å²) in [6.07, 6.45) is 0. The number of carbonyl (C=O) groups is 1. The fraction of sp³-hybridized carbons (Fsp3) is 0.231. The van der Waals surface area contributed by atoms with Gasteiger partial charge in [-0.2, -0.15) is 0 Å². The van der Waals surface area contributed by atoms with Gasteiger partial charge in [0.05, 0.1) is 12.8 Å². The number of aromatic nitrogens is 1. The maximum atomic E-state index is 10.8. The van der Waals surface area contributed by atoms with Crippen molar-refractivity contribution in [2.75, 3.05) is 19.1 Å². The Labute approximate surface area is 120 Å². The van der Waals surface area contributed by atoms with E-state index in [1.165, 1.54) is 11.3 Å². The molecule has 0 aliphatic heterocycles. The van der Waals surface area contributed by atoms with E-state index in [0.29, 0.717) is 10.8 Å². The van der Waals surface area contributed by atoms with E-state index in [9.17, 15) is 4.79 Å². The van der Waals surface area contributed by atoms with Crippen molar-refractivity contribution in [3.05, 3.63) is 35.3 Å². The molecule has 1 atom stereocenters. The molecule has 0 bridgehead atoms. The first-order valence-corrected chi connectivity index (χ1v) is 6.72. The number of hydrogen-bond donors (Lipinski definition) is 2. The Morgan fingerprint density at radius 2 is 2.30 bits per heavy atom. The van der Waals surface area contributed by atoms with Gasteiger partial charge in [-0.15, -0.1) is 11.3 Å². The van der Waals surface area contributed by atoms with Crippen LogP contribution in [0, 0.1) is 0 Å². The molecule has 1 heterocycles. The number of rotatable bonds is 5. The molecule has 6 nitrogen and oxygen atoms in total. The van der Waals surface area contributed by atoms with Crippen molar-refractivity contribution in [2.45, 2.75) is 6.04 Å². The minimum atomic E-state index is -1.10. The predicted octanol–water partition coefficient (Wildman–Crippen LogP) is 2.00. The van der Waals surface area contributed by atoms with Gasteiger partial charge in [-0.05, 0) is 12.1 Å². The average molecular weight is 293 g/mol. The second-order valence-corrected chi connectivity index (χ2v) is 4.97. The predicted molar refractivity (Wildman–Crippen MR) is 77.7 cm³/mol. The molecule has 0 aliphatic carbocycles. The van der Waals surface area contributed by atoms with Crippen molar-refractivity contribution in [1.82, 2.24) is 4.98 Å². The van der Waals surface area contributed by atoms with Crippen LogP contribution >= 0.6 is 11.3 Å². The summed E-state index contributed by atoms with van der Waals surface area (Å²) >= 11 is 1.34. The third-order valence-electron chi connectivity index (χ3n) is 2.82. The Hall–Kier alpha value is -2.12. The summed E-state index contributed by atoms with van der Waals surface area (Å²) in [6, 6.07) is 6.42. The molecule has 7 heteroatoms. The van der Waals surface area contributed by atoms with Gasteiger partial charge in [0.15, 0.2) is 5.13 Å². The van der Waals surface area contributed by atoms with Crippen molar-refractivity contribution in [2.24, 2.45) is 5.73 Å². The molecule has 0 amide bonds. The van der Waals surface area contributed by atoms with Crippen molar-refractivity contribution in [3.63, 3.8) is 0 Å². The standard InChI is InChI=1S/C13H15N3O3S/c1-16(8-4-3-5-9(6-8)19-2)13-15-10(7-20-13)11(14)12(17)18/h3-7,11H,14H2,1-2H3,(H,17,18). The molecule has 3 N–H and O–H groups in total. The van der Waals surface area contributed by atoms with Crippen molar-refractivity contribution in [1.29, 1.82) is 0 Å². The number of thiazole rings is 1. The molecule has 0 spiro atoms. The molecular weight excluding hydrogens is 278 g/mol. The van der Waals surface area contributed by atoms with E-state index in [1.54, 1.807) is 12.5 Å². The van der Waals surface area contributed by atoms with Crippen LogP contribution in [0.3, 0.4) is 0 Å². The first kappa shape index (κ1) is 14.3. The minimum Gasteiger partial charge on any atom is -0.497 e. The monoisotopic (exact) mass is 293 g/mol. The maximum absolute atomic E-state index is 10.8. The van der Waals surface area contributed by atoms with Gasteiger partial charge in [-0.25, -0.2) is 4.98 Å². The number of hydrogen-bond acceptors (Lipinski definition) is 6. The summed E-state index contributed by atoms with van der Waals surface area (Å²) in [5.41, 5.74) is 6.79. The smallest absolute Gasteiger partial charge is 0.326 e. The summed E-state index contributed by atoms with van der Waals surface area (Å²) in [4.78, 5) is 17.0. The van der Waals surface area contributed by atoms with Gasteiger partial charge in [-0.3, -0.25) is 4.79 Å². The summed E-state index contributed by atoms with van der Waals surface area (Å²) < 4.78 is 5.17. The number of nitrogens with zero attached hydrogens (tertiary/aromatic N) is 2. The Bertz CT molecular complexity index is 614. The molecule has 1 aromatic carbocycles. The fourth-order valence-electron chi connectivity index (χ4n) is 1.63. The molecule has 106 valence electrons. The Kier molecular flexibility index (Phi) is 4.21. The van der Waals surface area contributed by atoms with Crippen LogP contribution in [0.1, 0.15) is 11.7 Å². The van der Waals surface area contributed by atoms with Crippen LogP contribution in [-0.4, -0.2) is 30.2 Å². The van der Waals surface area contributed by atoms with Gasteiger partial charge in [-0.1, -0.05) is 6.07 Å². The zero-order chi connectivity index (χ0) is 14.7. The van der Waals surface area contributed by atoms with Crippen LogP contribution in [0.25, 0.3) is 0 Å². The van der Waals surface area contributed by atoms with E-state index in [0.717, 1.165) is 11.4 Å². The SMILES string of the molecule is COc1cccc(N(C)c2nc(C(N)C(=O)O)cs2)c1. The molecular formula is C13H15N3O3S. The molecule has 2 rings (SSSR count). The summed E-state index contributed by atoms with van der Waals surface area (Å²) in [7, 11) is 3.45. The molecule has 20 heavy (non-hydrogen) atoms. The van der Waals surface area contributed by atoms with Crippen LogP contribution in [0.15, 0.2) is 29.6 Å². The lowest BCUT2D eigenvalue weighted by atomic mass is 10.2. The normalized spacial score (nSPS) is 11.9. The molecule has 0 saturated carbocycles. The molecule has 0 radical (unpaired) electrons.